The van der Waals surface area contributed by atoms with E-state index in [1.54, 1.807) is 18.2 Å². The topological polar surface area (TPSA) is 55.8 Å². The van der Waals surface area contributed by atoms with Crippen molar-refractivity contribution in [1.82, 2.24) is 0 Å². The Bertz CT molecular complexity index is 934. The molecular formula is C24H24O4. The van der Waals surface area contributed by atoms with Crippen molar-refractivity contribution in [3.8, 4) is 5.75 Å². The zero-order chi connectivity index (χ0) is 19.9. The predicted molar refractivity (Wildman–Crippen MR) is 108 cm³/mol. The number of ether oxygens (including phenoxy) is 2. The average Bonchev–Trinajstić information content (AvgIpc) is 2.71. The molecule has 0 saturated heterocycles. The van der Waals surface area contributed by atoms with Crippen LogP contribution in [0.5, 0.6) is 5.75 Å². The molecule has 0 heterocycles. The minimum Gasteiger partial charge on any atom is -0.507 e. The van der Waals surface area contributed by atoms with Crippen molar-refractivity contribution < 1.29 is 19.4 Å². The van der Waals surface area contributed by atoms with Gasteiger partial charge in [0.25, 0.3) is 0 Å². The van der Waals surface area contributed by atoms with Crippen LogP contribution in [0.4, 0.5) is 0 Å². The highest BCUT2D eigenvalue weighted by atomic mass is 16.5. The van der Waals surface area contributed by atoms with Gasteiger partial charge in [0.15, 0.2) is 0 Å². The van der Waals surface area contributed by atoms with Crippen LogP contribution in [0.15, 0.2) is 72.8 Å². The first kappa shape index (κ1) is 19.6. The third kappa shape index (κ3) is 4.99. The van der Waals surface area contributed by atoms with Crippen LogP contribution in [0.3, 0.4) is 0 Å². The molecule has 1 atom stereocenters. The predicted octanol–water partition coefficient (Wildman–Crippen LogP) is 4.99. The van der Waals surface area contributed by atoms with Gasteiger partial charge in [0.1, 0.15) is 11.3 Å². The molecule has 0 saturated carbocycles. The van der Waals surface area contributed by atoms with E-state index in [2.05, 4.69) is 25.1 Å². The van der Waals surface area contributed by atoms with Gasteiger partial charge in [-0.2, -0.15) is 0 Å². The van der Waals surface area contributed by atoms with Crippen LogP contribution in [0, 0.1) is 6.92 Å². The lowest BCUT2D eigenvalue weighted by molar-refractivity contribution is 0.0396. The van der Waals surface area contributed by atoms with Gasteiger partial charge in [-0.1, -0.05) is 66.2 Å². The Kier molecular flexibility index (Phi) is 6.45. The smallest absolute Gasteiger partial charge is 0.341 e. The Labute approximate surface area is 165 Å². The molecule has 0 aliphatic rings. The fourth-order valence-electron chi connectivity index (χ4n) is 3.13. The zero-order valence-corrected chi connectivity index (χ0v) is 16.1. The van der Waals surface area contributed by atoms with Gasteiger partial charge in [-0.05, 0) is 35.7 Å². The van der Waals surface area contributed by atoms with Crippen molar-refractivity contribution in [3.63, 3.8) is 0 Å². The first-order valence-electron chi connectivity index (χ1n) is 9.19. The van der Waals surface area contributed by atoms with Crippen molar-refractivity contribution in [3.05, 3.63) is 101 Å². The third-order valence-corrected chi connectivity index (χ3v) is 4.60. The fraction of sp³-hybridized carbons (Fsp3) is 0.208. The van der Waals surface area contributed by atoms with Crippen LogP contribution in [0.25, 0.3) is 0 Å². The second-order valence-electron chi connectivity index (χ2n) is 6.75. The van der Waals surface area contributed by atoms with Gasteiger partial charge in [-0.3, -0.25) is 0 Å². The number of rotatable bonds is 7. The summed E-state index contributed by atoms with van der Waals surface area (Å²) in [5.74, 6) is -0.675. The summed E-state index contributed by atoms with van der Waals surface area (Å²) < 4.78 is 10.9. The lowest BCUT2D eigenvalue weighted by Gasteiger charge is -2.20. The number of aromatic hydroxyl groups is 1. The van der Waals surface area contributed by atoms with Gasteiger partial charge in [-0.25, -0.2) is 4.79 Å². The molecule has 4 nitrogen and oxygen atoms in total. The maximum Gasteiger partial charge on any atom is 0.341 e. The molecular weight excluding hydrogens is 352 g/mol. The second kappa shape index (κ2) is 9.20. The molecule has 0 aliphatic carbocycles. The summed E-state index contributed by atoms with van der Waals surface area (Å²) in [6.07, 6.45) is 0.394. The highest BCUT2D eigenvalue weighted by Crippen LogP contribution is 2.29. The van der Waals surface area contributed by atoms with Crippen LogP contribution in [-0.4, -0.2) is 18.2 Å². The molecule has 0 spiro atoms. The number of phenols is 1. The number of hydrogen-bond acceptors (Lipinski definition) is 4. The number of phenolic OH excluding ortho intramolecular Hbond substituents is 1. The molecule has 0 fully saturated rings. The number of methoxy groups -OCH3 is 1. The second-order valence-corrected chi connectivity index (χ2v) is 6.75. The van der Waals surface area contributed by atoms with E-state index in [1.165, 1.54) is 12.7 Å². The fourth-order valence-corrected chi connectivity index (χ4v) is 3.13. The molecule has 0 amide bonds. The van der Waals surface area contributed by atoms with Crippen molar-refractivity contribution in [2.75, 3.05) is 7.11 Å². The first-order chi connectivity index (χ1) is 13.6. The van der Waals surface area contributed by atoms with Crippen LogP contribution in [0.2, 0.25) is 0 Å². The number of carbonyl (C=O) groups excluding carboxylic acids is 1. The van der Waals surface area contributed by atoms with E-state index >= 15 is 0 Å². The summed E-state index contributed by atoms with van der Waals surface area (Å²) >= 11 is 0. The van der Waals surface area contributed by atoms with Gasteiger partial charge in [-0.15, -0.1) is 0 Å². The quantitative estimate of drug-likeness (QED) is 0.591. The largest absolute Gasteiger partial charge is 0.507 e. The summed E-state index contributed by atoms with van der Waals surface area (Å²) in [6, 6.07) is 23.2. The summed E-state index contributed by atoms with van der Waals surface area (Å²) in [6.45, 7) is 2.51. The molecule has 3 aromatic carbocycles. The first-order valence-corrected chi connectivity index (χ1v) is 9.19. The van der Waals surface area contributed by atoms with E-state index in [0.717, 1.165) is 16.7 Å². The van der Waals surface area contributed by atoms with E-state index in [0.29, 0.717) is 13.0 Å². The van der Waals surface area contributed by atoms with Crippen LogP contribution in [-0.2, 0) is 22.5 Å². The Morgan fingerprint density at radius 2 is 1.71 bits per heavy atom. The summed E-state index contributed by atoms with van der Waals surface area (Å²) in [5.41, 5.74) is 4.36. The van der Waals surface area contributed by atoms with E-state index in [9.17, 15) is 9.90 Å². The summed E-state index contributed by atoms with van der Waals surface area (Å²) in [4.78, 5) is 11.7. The average molecular weight is 376 g/mol. The van der Waals surface area contributed by atoms with E-state index in [1.807, 2.05) is 36.4 Å². The number of benzene rings is 3. The monoisotopic (exact) mass is 376 g/mol. The number of carbonyl (C=O) groups is 1. The standard InChI is InChI=1S/C24H24O4/c1-17-7-6-10-19(13-17)14-23(28-16-18-8-4-3-5-9-18)20-11-12-21(22(25)15-20)24(26)27-2/h3-13,15,23,25H,14,16H2,1-2H3. The van der Waals surface area contributed by atoms with Gasteiger partial charge in [0.2, 0.25) is 0 Å². The highest BCUT2D eigenvalue weighted by Gasteiger charge is 2.18. The number of esters is 1. The van der Waals surface area contributed by atoms with Crippen molar-refractivity contribution >= 4 is 5.97 Å². The Morgan fingerprint density at radius 3 is 2.39 bits per heavy atom. The molecule has 144 valence electrons. The lowest BCUT2D eigenvalue weighted by atomic mass is 9.98. The summed E-state index contributed by atoms with van der Waals surface area (Å²) in [7, 11) is 1.29. The molecule has 28 heavy (non-hydrogen) atoms. The SMILES string of the molecule is COC(=O)c1ccc(C(Cc2cccc(C)c2)OCc2ccccc2)cc1O. The molecule has 0 bridgehead atoms. The van der Waals surface area contributed by atoms with Gasteiger partial charge >= 0.3 is 5.97 Å². The molecule has 0 radical (unpaired) electrons. The van der Waals surface area contributed by atoms with Crippen LogP contribution >= 0.6 is 0 Å². The summed E-state index contributed by atoms with van der Waals surface area (Å²) in [5, 5.41) is 10.3. The van der Waals surface area contributed by atoms with Crippen molar-refractivity contribution in [2.45, 2.75) is 26.1 Å². The zero-order valence-electron chi connectivity index (χ0n) is 16.1. The van der Waals surface area contributed by atoms with Crippen LogP contribution < -0.4 is 0 Å². The van der Waals surface area contributed by atoms with Gasteiger partial charge < -0.3 is 14.6 Å². The van der Waals surface area contributed by atoms with E-state index < -0.39 is 5.97 Å². The Balaban J connectivity index is 1.86. The van der Waals surface area contributed by atoms with Gasteiger partial charge in [0, 0.05) is 6.42 Å². The minimum atomic E-state index is -0.565. The molecule has 0 aromatic heterocycles. The number of aryl methyl sites for hydroxylation is 1. The number of hydrogen-bond donors (Lipinski definition) is 1. The van der Waals surface area contributed by atoms with Crippen LogP contribution in [0.1, 0.15) is 38.7 Å². The minimum absolute atomic E-state index is 0.109. The normalized spacial score (nSPS) is 11.8. The van der Waals surface area contributed by atoms with E-state index in [4.69, 9.17) is 9.47 Å². The maximum atomic E-state index is 11.7. The highest BCUT2D eigenvalue weighted by molar-refractivity contribution is 5.92. The van der Waals surface area contributed by atoms with Gasteiger partial charge in [0.05, 0.1) is 19.8 Å². The molecule has 0 aliphatic heterocycles. The molecule has 3 rings (SSSR count). The molecule has 3 aromatic rings. The van der Waals surface area contributed by atoms with Crippen molar-refractivity contribution in [1.29, 1.82) is 0 Å². The van der Waals surface area contributed by atoms with E-state index in [-0.39, 0.29) is 17.4 Å². The Morgan fingerprint density at radius 1 is 0.964 bits per heavy atom. The molecule has 1 N–H and O–H groups in total. The molecule has 4 heteroatoms. The lowest BCUT2D eigenvalue weighted by Crippen LogP contribution is -2.09. The third-order valence-electron chi connectivity index (χ3n) is 4.60. The molecule has 1 unspecified atom stereocenters. The maximum absolute atomic E-state index is 11.7. The Hall–Kier alpha value is -3.11. The van der Waals surface area contributed by atoms with Crippen molar-refractivity contribution in [2.24, 2.45) is 0 Å².